The van der Waals surface area contributed by atoms with E-state index in [1.54, 1.807) is 19.4 Å². The summed E-state index contributed by atoms with van der Waals surface area (Å²) in [5.41, 5.74) is 0. The lowest BCUT2D eigenvalue weighted by atomic mass is 10.4. The van der Waals surface area contributed by atoms with E-state index >= 15 is 0 Å². The molecule has 1 aliphatic rings. The Kier molecular flexibility index (Phi) is 3.02. The largest absolute Gasteiger partial charge is 1.00 e. The van der Waals surface area contributed by atoms with Crippen molar-refractivity contribution in [2.45, 2.75) is 13.3 Å². The molecular formula is C6H11ClN2O. The first-order valence-corrected chi connectivity index (χ1v) is 3.00. The lowest BCUT2D eigenvalue weighted by molar-refractivity contribution is -0.972. The second kappa shape index (κ2) is 3.14. The van der Waals surface area contributed by atoms with Gasteiger partial charge in [-0.1, -0.05) is 6.92 Å². The molecule has 0 bridgehead atoms. The maximum Gasteiger partial charge on any atom is 0.239 e. The third-order valence-corrected chi connectivity index (χ3v) is 1.42. The molecule has 58 valence electrons. The van der Waals surface area contributed by atoms with Gasteiger partial charge in [0.05, 0.1) is 6.20 Å². The van der Waals surface area contributed by atoms with Crippen LogP contribution in [0.15, 0.2) is 17.4 Å². The van der Waals surface area contributed by atoms with Gasteiger partial charge in [-0.05, 0) is 0 Å². The molecule has 0 aromatic rings. The number of halogens is 1. The maximum atomic E-state index is 9.37. The second-order valence-corrected chi connectivity index (χ2v) is 2.22. The van der Waals surface area contributed by atoms with Crippen molar-refractivity contribution in [2.24, 2.45) is 4.99 Å². The molecule has 1 aliphatic heterocycles. The molecular weight excluding hydrogens is 152 g/mol. The number of aliphatic imine (C=N–C) groups is 1. The molecule has 0 radical (unpaired) electrons. The summed E-state index contributed by atoms with van der Waals surface area (Å²) in [5, 5.41) is 9.37. The number of rotatable bonds is 1. The highest BCUT2D eigenvalue weighted by Crippen LogP contribution is 2.10. The summed E-state index contributed by atoms with van der Waals surface area (Å²) in [5.74, 6) is 0.787. The van der Waals surface area contributed by atoms with Gasteiger partial charge in [-0.25, -0.2) is 10.2 Å². The van der Waals surface area contributed by atoms with E-state index in [-0.39, 0.29) is 17.1 Å². The molecule has 4 heteroatoms. The van der Waals surface area contributed by atoms with Crippen molar-refractivity contribution in [1.29, 1.82) is 0 Å². The molecule has 1 unspecified atom stereocenters. The van der Waals surface area contributed by atoms with E-state index in [1.165, 1.54) is 0 Å². The summed E-state index contributed by atoms with van der Waals surface area (Å²) in [6.45, 7) is 1.97. The van der Waals surface area contributed by atoms with Crippen LogP contribution in [0.1, 0.15) is 13.3 Å². The van der Waals surface area contributed by atoms with Crippen LogP contribution >= 0.6 is 0 Å². The lowest BCUT2D eigenvalue weighted by Crippen LogP contribution is -3.00. The van der Waals surface area contributed by atoms with E-state index in [2.05, 4.69) is 4.99 Å². The number of quaternary nitrogens is 1. The smallest absolute Gasteiger partial charge is 0.239 e. The molecule has 3 nitrogen and oxygen atoms in total. The fourth-order valence-electron chi connectivity index (χ4n) is 0.864. The Hall–Kier alpha value is -0.380. The molecule has 0 fully saturated rings. The fraction of sp³-hybridized carbons (Fsp3) is 0.500. The average molecular weight is 163 g/mol. The lowest BCUT2D eigenvalue weighted by Gasteiger charge is -2.15. The van der Waals surface area contributed by atoms with Crippen LogP contribution in [0.2, 0.25) is 0 Å². The molecule has 0 aromatic carbocycles. The van der Waals surface area contributed by atoms with Gasteiger partial charge >= 0.3 is 0 Å². The summed E-state index contributed by atoms with van der Waals surface area (Å²) in [7, 11) is 1.69. The van der Waals surface area contributed by atoms with E-state index in [9.17, 15) is 5.21 Å². The average Bonchev–Trinajstić information content (AvgIpc) is 2.08. The molecule has 0 amide bonds. The van der Waals surface area contributed by atoms with Gasteiger partial charge < -0.3 is 12.4 Å². The molecule has 10 heavy (non-hydrogen) atoms. The third-order valence-electron chi connectivity index (χ3n) is 1.42. The van der Waals surface area contributed by atoms with Crippen molar-refractivity contribution < 1.29 is 22.3 Å². The first-order valence-electron chi connectivity index (χ1n) is 3.00. The normalized spacial score (nSPS) is 29.7. The van der Waals surface area contributed by atoms with Crippen molar-refractivity contribution in [1.82, 2.24) is 0 Å². The van der Waals surface area contributed by atoms with Crippen LogP contribution in [0.4, 0.5) is 0 Å². The first-order chi connectivity index (χ1) is 4.17. The molecule has 0 aromatic heterocycles. The van der Waals surface area contributed by atoms with Gasteiger partial charge in [-0.15, -0.1) is 4.65 Å². The summed E-state index contributed by atoms with van der Waals surface area (Å²) >= 11 is 0. The SMILES string of the molecule is CCC1=NC=C[N+]1(C)O.[Cl-]. The van der Waals surface area contributed by atoms with Gasteiger partial charge in [0.25, 0.3) is 0 Å². The molecule has 0 saturated heterocycles. The minimum atomic E-state index is -0.170. The quantitative estimate of drug-likeness (QED) is 0.450. The predicted molar refractivity (Wildman–Crippen MR) is 34.8 cm³/mol. The van der Waals surface area contributed by atoms with Gasteiger partial charge in [0, 0.05) is 6.42 Å². The molecule has 0 spiro atoms. The Balaban J connectivity index is 0.000000810. The van der Waals surface area contributed by atoms with Crippen LogP contribution in [0, 0.1) is 0 Å². The molecule has 1 heterocycles. The minimum Gasteiger partial charge on any atom is -1.00 e. The van der Waals surface area contributed by atoms with Crippen LogP contribution in [0.3, 0.4) is 0 Å². The van der Waals surface area contributed by atoms with Crippen molar-refractivity contribution in [3.05, 3.63) is 12.4 Å². The number of hydrogen-bond donors (Lipinski definition) is 1. The summed E-state index contributed by atoms with van der Waals surface area (Å²) in [6.07, 6.45) is 4.05. The van der Waals surface area contributed by atoms with E-state index in [4.69, 9.17) is 0 Å². The van der Waals surface area contributed by atoms with E-state index in [1.807, 2.05) is 6.92 Å². The zero-order valence-electron chi connectivity index (χ0n) is 6.08. The molecule has 0 aliphatic carbocycles. The Morgan fingerprint density at radius 1 is 1.70 bits per heavy atom. The Morgan fingerprint density at radius 2 is 2.30 bits per heavy atom. The van der Waals surface area contributed by atoms with Crippen molar-refractivity contribution in [3.8, 4) is 0 Å². The molecule has 1 rings (SSSR count). The number of amidine groups is 1. The van der Waals surface area contributed by atoms with Gasteiger partial charge in [0.2, 0.25) is 5.84 Å². The zero-order chi connectivity index (χ0) is 6.91. The number of hydroxylamine groups is 3. The Labute approximate surface area is 66.6 Å². The Bertz CT molecular complexity index is 175. The van der Waals surface area contributed by atoms with Crippen LogP contribution in [-0.4, -0.2) is 22.7 Å². The number of nitrogens with zero attached hydrogens (tertiary/aromatic N) is 2. The summed E-state index contributed by atoms with van der Waals surface area (Å²) in [4.78, 5) is 3.97. The van der Waals surface area contributed by atoms with Gasteiger partial charge in [-0.3, -0.25) is 0 Å². The van der Waals surface area contributed by atoms with E-state index < -0.39 is 0 Å². The number of hydrogen-bond acceptors (Lipinski definition) is 2. The maximum absolute atomic E-state index is 9.37. The predicted octanol–water partition coefficient (Wildman–Crippen LogP) is -1.88. The highest BCUT2D eigenvalue weighted by Gasteiger charge is 2.26. The minimum absolute atomic E-state index is 0. The van der Waals surface area contributed by atoms with Crippen molar-refractivity contribution >= 4 is 5.84 Å². The summed E-state index contributed by atoms with van der Waals surface area (Å²) < 4.78 is -0.170. The third kappa shape index (κ3) is 1.56. The van der Waals surface area contributed by atoms with E-state index in [0.29, 0.717) is 0 Å². The van der Waals surface area contributed by atoms with Gasteiger partial charge in [0.1, 0.15) is 7.05 Å². The van der Waals surface area contributed by atoms with Crippen LogP contribution < -0.4 is 12.4 Å². The van der Waals surface area contributed by atoms with Gasteiger partial charge in [0.15, 0.2) is 6.20 Å². The second-order valence-electron chi connectivity index (χ2n) is 2.22. The van der Waals surface area contributed by atoms with Crippen LogP contribution in [-0.2, 0) is 0 Å². The van der Waals surface area contributed by atoms with Crippen molar-refractivity contribution in [3.63, 3.8) is 0 Å². The van der Waals surface area contributed by atoms with Crippen LogP contribution in [0.25, 0.3) is 0 Å². The standard InChI is InChI=1S/C6H11N2O.ClH/c1-3-6-7-4-5-8(6,2)9;/h4-5,9H,3H2,1-2H3;1H/q+1;/p-1. The highest BCUT2D eigenvalue weighted by molar-refractivity contribution is 5.76. The Morgan fingerprint density at radius 3 is 2.50 bits per heavy atom. The molecule has 1 atom stereocenters. The van der Waals surface area contributed by atoms with E-state index in [0.717, 1.165) is 12.3 Å². The first kappa shape index (κ1) is 9.62. The topological polar surface area (TPSA) is 32.6 Å². The molecule has 0 saturated carbocycles. The monoisotopic (exact) mass is 162 g/mol. The van der Waals surface area contributed by atoms with Gasteiger partial charge in [-0.2, -0.15) is 0 Å². The fourth-order valence-corrected chi connectivity index (χ4v) is 0.864. The molecule has 1 N–H and O–H groups in total. The van der Waals surface area contributed by atoms with Crippen molar-refractivity contribution in [2.75, 3.05) is 7.05 Å². The zero-order valence-corrected chi connectivity index (χ0v) is 6.84. The van der Waals surface area contributed by atoms with Crippen LogP contribution in [0.5, 0.6) is 0 Å². The highest BCUT2D eigenvalue weighted by atomic mass is 35.5. The summed E-state index contributed by atoms with van der Waals surface area (Å²) in [6, 6.07) is 0.